The number of nitrogen functional groups attached to an aromatic ring is 1. The van der Waals surface area contributed by atoms with E-state index >= 15 is 0 Å². The Morgan fingerprint density at radius 2 is 2.00 bits per heavy atom. The molecular formula is C9H12ClNO2. The number of hydrogen-bond donors (Lipinski definition) is 2. The lowest BCUT2D eigenvalue weighted by Crippen LogP contribution is -2.18. The molecule has 13 heavy (non-hydrogen) atoms. The number of ether oxygens (including phenoxy) is 1. The van der Waals surface area contributed by atoms with Crippen LogP contribution in [0.3, 0.4) is 0 Å². The highest BCUT2D eigenvalue weighted by atomic mass is 35.5. The summed E-state index contributed by atoms with van der Waals surface area (Å²) in [7, 11) is 0. The zero-order chi connectivity index (χ0) is 9.68. The zero-order valence-electron chi connectivity index (χ0n) is 7.11. The Morgan fingerprint density at radius 3 is 2.54 bits per heavy atom. The van der Waals surface area contributed by atoms with E-state index in [-0.39, 0.29) is 12.5 Å². The maximum absolute atomic E-state index is 9.09. The van der Waals surface area contributed by atoms with E-state index in [4.69, 9.17) is 27.2 Å². The topological polar surface area (TPSA) is 55.5 Å². The molecule has 0 aliphatic heterocycles. The third-order valence-corrected chi connectivity index (χ3v) is 1.86. The smallest absolute Gasteiger partial charge is 0.119 e. The van der Waals surface area contributed by atoms with Gasteiger partial charge in [-0.1, -0.05) is 0 Å². The van der Waals surface area contributed by atoms with Gasteiger partial charge in [0.15, 0.2) is 0 Å². The SMILES string of the molecule is Nc1ccc(OCC(O)CCl)cc1. The Hall–Kier alpha value is -0.930. The molecule has 0 amide bonds. The molecule has 0 heterocycles. The van der Waals surface area contributed by atoms with E-state index < -0.39 is 6.10 Å². The number of aliphatic hydroxyl groups excluding tert-OH is 1. The van der Waals surface area contributed by atoms with E-state index in [1.165, 1.54) is 0 Å². The van der Waals surface area contributed by atoms with Crippen LogP contribution in [0.4, 0.5) is 5.69 Å². The van der Waals surface area contributed by atoms with Crippen LogP contribution < -0.4 is 10.5 Å². The summed E-state index contributed by atoms with van der Waals surface area (Å²) in [6.45, 7) is 0.202. The van der Waals surface area contributed by atoms with Crippen LogP contribution >= 0.6 is 11.6 Å². The number of rotatable bonds is 4. The highest BCUT2D eigenvalue weighted by molar-refractivity contribution is 6.18. The molecule has 1 aromatic rings. The first-order chi connectivity index (χ1) is 6.22. The Kier molecular flexibility index (Phi) is 3.86. The lowest BCUT2D eigenvalue weighted by Gasteiger charge is -2.09. The summed E-state index contributed by atoms with van der Waals surface area (Å²) in [6, 6.07) is 6.97. The minimum Gasteiger partial charge on any atom is -0.491 e. The summed E-state index contributed by atoms with van der Waals surface area (Å²) in [5, 5.41) is 9.09. The maximum Gasteiger partial charge on any atom is 0.119 e. The van der Waals surface area contributed by atoms with Gasteiger partial charge >= 0.3 is 0 Å². The van der Waals surface area contributed by atoms with E-state index in [0.717, 1.165) is 0 Å². The van der Waals surface area contributed by atoms with Crippen LogP contribution in [0.1, 0.15) is 0 Å². The Morgan fingerprint density at radius 1 is 1.38 bits per heavy atom. The van der Waals surface area contributed by atoms with Gasteiger partial charge < -0.3 is 15.6 Å². The molecule has 0 saturated heterocycles. The van der Waals surface area contributed by atoms with Gasteiger partial charge in [-0.25, -0.2) is 0 Å². The summed E-state index contributed by atoms with van der Waals surface area (Å²) in [5.74, 6) is 0.855. The van der Waals surface area contributed by atoms with Gasteiger partial charge in [-0.15, -0.1) is 11.6 Å². The molecule has 0 fully saturated rings. The van der Waals surface area contributed by atoms with Crippen LogP contribution in [0.15, 0.2) is 24.3 Å². The van der Waals surface area contributed by atoms with Gasteiger partial charge in [0, 0.05) is 5.69 Å². The van der Waals surface area contributed by atoms with E-state index in [9.17, 15) is 0 Å². The van der Waals surface area contributed by atoms with Gasteiger partial charge in [0.05, 0.1) is 5.88 Å². The third-order valence-electron chi connectivity index (χ3n) is 1.50. The molecule has 0 saturated carbocycles. The summed E-state index contributed by atoms with van der Waals surface area (Å²) < 4.78 is 5.22. The number of benzene rings is 1. The van der Waals surface area contributed by atoms with Crippen molar-refractivity contribution >= 4 is 17.3 Å². The Bertz CT molecular complexity index is 250. The molecule has 1 rings (SSSR count). The molecule has 3 nitrogen and oxygen atoms in total. The monoisotopic (exact) mass is 201 g/mol. The number of anilines is 1. The molecule has 1 atom stereocenters. The number of nitrogens with two attached hydrogens (primary N) is 1. The predicted octanol–water partition coefficient (Wildman–Crippen LogP) is 1.25. The summed E-state index contributed by atoms with van der Waals surface area (Å²) in [4.78, 5) is 0. The summed E-state index contributed by atoms with van der Waals surface area (Å²) in [6.07, 6.45) is -0.626. The second kappa shape index (κ2) is 4.94. The fourth-order valence-electron chi connectivity index (χ4n) is 0.801. The minimum atomic E-state index is -0.626. The maximum atomic E-state index is 9.09. The normalized spacial score (nSPS) is 12.5. The van der Waals surface area contributed by atoms with Gasteiger partial charge in [-0.05, 0) is 24.3 Å². The van der Waals surface area contributed by atoms with E-state index in [2.05, 4.69) is 0 Å². The number of alkyl halides is 1. The molecule has 4 heteroatoms. The van der Waals surface area contributed by atoms with Crippen LogP contribution in [-0.4, -0.2) is 23.7 Å². The first-order valence-electron chi connectivity index (χ1n) is 3.94. The van der Waals surface area contributed by atoms with Crippen molar-refractivity contribution in [3.8, 4) is 5.75 Å². The summed E-state index contributed by atoms with van der Waals surface area (Å²) in [5.41, 5.74) is 6.17. The lowest BCUT2D eigenvalue weighted by atomic mass is 10.3. The predicted molar refractivity (Wildman–Crippen MR) is 53.1 cm³/mol. The molecule has 0 aliphatic rings. The number of aliphatic hydroxyl groups is 1. The molecule has 1 aromatic carbocycles. The first-order valence-corrected chi connectivity index (χ1v) is 4.48. The second-order valence-electron chi connectivity index (χ2n) is 2.69. The van der Waals surface area contributed by atoms with Gasteiger partial charge in [0.25, 0.3) is 0 Å². The molecular weight excluding hydrogens is 190 g/mol. The molecule has 0 aromatic heterocycles. The van der Waals surface area contributed by atoms with E-state index in [1.54, 1.807) is 24.3 Å². The van der Waals surface area contributed by atoms with Crippen molar-refractivity contribution in [2.75, 3.05) is 18.2 Å². The van der Waals surface area contributed by atoms with Crippen molar-refractivity contribution in [3.63, 3.8) is 0 Å². The first kappa shape index (κ1) is 10.2. The van der Waals surface area contributed by atoms with Gasteiger partial charge in [0.1, 0.15) is 18.5 Å². The van der Waals surface area contributed by atoms with Crippen LogP contribution in [0.25, 0.3) is 0 Å². The van der Waals surface area contributed by atoms with E-state index in [0.29, 0.717) is 11.4 Å². The third kappa shape index (κ3) is 3.53. The molecule has 1 unspecified atom stereocenters. The largest absolute Gasteiger partial charge is 0.491 e. The van der Waals surface area contributed by atoms with Gasteiger partial charge in [-0.2, -0.15) is 0 Å². The highest BCUT2D eigenvalue weighted by Crippen LogP contribution is 2.13. The van der Waals surface area contributed by atoms with Crippen molar-refractivity contribution in [1.82, 2.24) is 0 Å². The Balaban J connectivity index is 2.41. The average molecular weight is 202 g/mol. The number of halogens is 1. The van der Waals surface area contributed by atoms with Crippen LogP contribution in [0.5, 0.6) is 5.75 Å². The second-order valence-corrected chi connectivity index (χ2v) is 3.00. The Labute approximate surface area is 82.1 Å². The quantitative estimate of drug-likeness (QED) is 0.570. The van der Waals surface area contributed by atoms with Crippen molar-refractivity contribution in [2.24, 2.45) is 0 Å². The minimum absolute atomic E-state index is 0.176. The fourth-order valence-corrected chi connectivity index (χ4v) is 0.890. The standard InChI is InChI=1S/C9H12ClNO2/c10-5-8(12)6-13-9-3-1-7(11)2-4-9/h1-4,8,12H,5-6,11H2. The summed E-state index contributed by atoms with van der Waals surface area (Å²) >= 11 is 5.39. The fraction of sp³-hybridized carbons (Fsp3) is 0.333. The van der Waals surface area contributed by atoms with Crippen LogP contribution in [-0.2, 0) is 0 Å². The van der Waals surface area contributed by atoms with Crippen molar-refractivity contribution in [1.29, 1.82) is 0 Å². The highest BCUT2D eigenvalue weighted by Gasteiger charge is 2.02. The van der Waals surface area contributed by atoms with Gasteiger partial charge in [-0.3, -0.25) is 0 Å². The molecule has 0 bridgehead atoms. The van der Waals surface area contributed by atoms with Crippen molar-refractivity contribution < 1.29 is 9.84 Å². The number of hydrogen-bond acceptors (Lipinski definition) is 3. The van der Waals surface area contributed by atoms with Crippen LogP contribution in [0, 0.1) is 0 Å². The molecule has 0 aliphatic carbocycles. The lowest BCUT2D eigenvalue weighted by molar-refractivity contribution is 0.125. The van der Waals surface area contributed by atoms with Crippen molar-refractivity contribution in [2.45, 2.75) is 6.10 Å². The molecule has 0 spiro atoms. The van der Waals surface area contributed by atoms with Gasteiger partial charge in [0.2, 0.25) is 0 Å². The zero-order valence-corrected chi connectivity index (χ0v) is 7.87. The molecule has 3 N–H and O–H groups in total. The van der Waals surface area contributed by atoms with E-state index in [1.807, 2.05) is 0 Å². The van der Waals surface area contributed by atoms with Crippen molar-refractivity contribution in [3.05, 3.63) is 24.3 Å². The average Bonchev–Trinajstić information content (AvgIpc) is 2.16. The van der Waals surface area contributed by atoms with Crippen LogP contribution in [0.2, 0.25) is 0 Å². The molecule has 0 radical (unpaired) electrons. The molecule has 72 valence electrons.